The van der Waals surface area contributed by atoms with Crippen LogP contribution < -0.4 is 4.72 Å². The molecule has 0 aromatic carbocycles. The highest BCUT2D eigenvalue weighted by Gasteiger charge is 2.22. The first kappa shape index (κ1) is 15.4. The lowest BCUT2D eigenvalue weighted by atomic mass is 10.2. The van der Waals surface area contributed by atoms with Gasteiger partial charge in [-0.25, -0.2) is 18.1 Å². The van der Waals surface area contributed by atoms with Gasteiger partial charge in [0.05, 0.1) is 11.7 Å². The Labute approximate surface area is 130 Å². The first-order valence-corrected chi connectivity index (χ1v) is 8.30. The van der Waals surface area contributed by atoms with E-state index in [2.05, 4.69) is 30.6 Å². The fraction of sp³-hybridized carbons (Fsp3) is 0.167. The van der Waals surface area contributed by atoms with E-state index in [1.807, 2.05) is 0 Å². The Morgan fingerprint density at radius 2 is 2.10 bits per heavy atom. The van der Waals surface area contributed by atoms with E-state index < -0.39 is 16.1 Å². The summed E-state index contributed by atoms with van der Waals surface area (Å²) in [6, 6.07) is 6.23. The van der Waals surface area contributed by atoms with Crippen molar-refractivity contribution in [3.8, 4) is 0 Å². The molecule has 0 aliphatic rings. The van der Waals surface area contributed by atoms with Crippen molar-refractivity contribution < 1.29 is 8.42 Å². The highest BCUT2D eigenvalue weighted by atomic mass is 79.9. The van der Waals surface area contributed by atoms with Gasteiger partial charge in [0, 0.05) is 16.9 Å². The summed E-state index contributed by atoms with van der Waals surface area (Å²) in [5, 5.41) is -0.0751. The second kappa shape index (κ2) is 6.17. The summed E-state index contributed by atoms with van der Waals surface area (Å²) < 4.78 is 27.7. The van der Waals surface area contributed by atoms with Crippen LogP contribution in [0.3, 0.4) is 0 Å². The van der Waals surface area contributed by atoms with Crippen molar-refractivity contribution in [1.82, 2.24) is 14.7 Å². The van der Waals surface area contributed by atoms with E-state index in [4.69, 9.17) is 11.6 Å². The molecule has 106 valence electrons. The third-order valence-corrected chi connectivity index (χ3v) is 4.93. The third-order valence-electron chi connectivity index (χ3n) is 2.53. The SMILES string of the molecule is CC(NS(=O)(=O)c1cc(Br)cnc1Cl)c1ccccn1. The molecule has 2 aromatic rings. The maximum atomic E-state index is 12.3. The third kappa shape index (κ3) is 3.54. The van der Waals surface area contributed by atoms with Crippen molar-refractivity contribution in [3.63, 3.8) is 0 Å². The second-order valence-corrected chi connectivity index (χ2v) is 7.00. The number of nitrogens with one attached hydrogen (secondary N) is 1. The topological polar surface area (TPSA) is 72.0 Å². The number of rotatable bonds is 4. The van der Waals surface area contributed by atoms with E-state index in [1.165, 1.54) is 12.3 Å². The Bertz CT molecular complexity index is 710. The maximum absolute atomic E-state index is 12.3. The molecule has 1 atom stereocenters. The highest BCUT2D eigenvalue weighted by molar-refractivity contribution is 9.10. The van der Waals surface area contributed by atoms with Gasteiger partial charge in [0.25, 0.3) is 0 Å². The summed E-state index contributed by atoms with van der Waals surface area (Å²) in [6.07, 6.45) is 3.04. The number of sulfonamides is 1. The summed E-state index contributed by atoms with van der Waals surface area (Å²) in [6.45, 7) is 1.71. The van der Waals surface area contributed by atoms with Crippen molar-refractivity contribution in [3.05, 3.63) is 52.0 Å². The average molecular weight is 377 g/mol. The number of hydrogen-bond acceptors (Lipinski definition) is 4. The molecule has 0 fully saturated rings. The fourth-order valence-electron chi connectivity index (χ4n) is 1.58. The first-order chi connectivity index (χ1) is 9.40. The minimum Gasteiger partial charge on any atom is -0.260 e. The Morgan fingerprint density at radius 3 is 2.75 bits per heavy atom. The molecule has 0 saturated heterocycles. The standard InChI is InChI=1S/C12H11BrClN3O2S/c1-8(10-4-2-3-5-15-10)17-20(18,19)11-6-9(13)7-16-12(11)14/h2-8,17H,1H3. The molecular formula is C12H11BrClN3O2S. The minimum absolute atomic E-state index is 0.0728. The van der Waals surface area contributed by atoms with E-state index >= 15 is 0 Å². The van der Waals surface area contributed by atoms with Gasteiger partial charge in [-0.05, 0) is 41.1 Å². The molecule has 20 heavy (non-hydrogen) atoms. The van der Waals surface area contributed by atoms with Gasteiger partial charge in [-0.2, -0.15) is 0 Å². The van der Waals surface area contributed by atoms with Crippen molar-refractivity contribution in [2.45, 2.75) is 17.9 Å². The van der Waals surface area contributed by atoms with Crippen LogP contribution in [0, 0.1) is 0 Å². The van der Waals surface area contributed by atoms with Crippen LogP contribution in [-0.2, 0) is 10.0 Å². The summed E-state index contributed by atoms with van der Waals surface area (Å²) in [5.41, 5.74) is 0.621. The molecule has 0 spiro atoms. The molecule has 0 bridgehead atoms. The summed E-state index contributed by atoms with van der Waals surface area (Å²) in [5.74, 6) is 0. The molecule has 0 aliphatic carbocycles. The zero-order chi connectivity index (χ0) is 14.8. The molecular weight excluding hydrogens is 366 g/mol. The quantitative estimate of drug-likeness (QED) is 0.833. The Morgan fingerprint density at radius 1 is 1.35 bits per heavy atom. The number of aromatic nitrogens is 2. The largest absolute Gasteiger partial charge is 0.260 e. The van der Waals surface area contributed by atoms with Gasteiger partial charge in [0.15, 0.2) is 0 Å². The molecule has 2 heterocycles. The number of hydrogen-bond donors (Lipinski definition) is 1. The lowest BCUT2D eigenvalue weighted by Gasteiger charge is -2.14. The predicted octanol–water partition coefficient (Wildman–Crippen LogP) is 2.93. The highest BCUT2D eigenvalue weighted by Crippen LogP contribution is 2.24. The van der Waals surface area contributed by atoms with Crippen LogP contribution in [0.5, 0.6) is 0 Å². The molecule has 0 radical (unpaired) electrons. The van der Waals surface area contributed by atoms with E-state index in [0.29, 0.717) is 10.2 Å². The first-order valence-electron chi connectivity index (χ1n) is 5.64. The zero-order valence-corrected chi connectivity index (χ0v) is 13.6. The van der Waals surface area contributed by atoms with Crippen molar-refractivity contribution >= 4 is 37.6 Å². The van der Waals surface area contributed by atoms with Crippen LogP contribution in [0.2, 0.25) is 5.15 Å². The molecule has 1 N–H and O–H groups in total. The van der Waals surface area contributed by atoms with Crippen LogP contribution in [0.15, 0.2) is 46.0 Å². The van der Waals surface area contributed by atoms with Gasteiger partial charge in [0.1, 0.15) is 10.0 Å². The van der Waals surface area contributed by atoms with Crippen LogP contribution in [-0.4, -0.2) is 18.4 Å². The average Bonchev–Trinajstić information content (AvgIpc) is 2.42. The summed E-state index contributed by atoms with van der Waals surface area (Å²) >= 11 is 9.02. The van der Waals surface area contributed by atoms with E-state index in [-0.39, 0.29) is 10.0 Å². The van der Waals surface area contributed by atoms with Crippen LogP contribution in [0.25, 0.3) is 0 Å². The van der Waals surface area contributed by atoms with Gasteiger partial charge in [0.2, 0.25) is 10.0 Å². The van der Waals surface area contributed by atoms with E-state index in [0.717, 1.165) is 0 Å². The number of halogens is 2. The Kier molecular flexibility index (Phi) is 4.74. The molecule has 1 unspecified atom stereocenters. The smallest absolute Gasteiger partial charge is 0.244 e. The molecule has 0 amide bonds. The summed E-state index contributed by atoms with van der Waals surface area (Å²) in [7, 11) is -3.78. The van der Waals surface area contributed by atoms with Gasteiger partial charge in [-0.15, -0.1) is 0 Å². The van der Waals surface area contributed by atoms with Gasteiger partial charge >= 0.3 is 0 Å². The van der Waals surface area contributed by atoms with Gasteiger partial charge in [-0.1, -0.05) is 17.7 Å². The Balaban J connectivity index is 2.30. The van der Waals surface area contributed by atoms with Crippen LogP contribution >= 0.6 is 27.5 Å². The number of nitrogens with zero attached hydrogens (tertiary/aromatic N) is 2. The van der Waals surface area contributed by atoms with Crippen LogP contribution in [0.1, 0.15) is 18.7 Å². The maximum Gasteiger partial charge on any atom is 0.244 e. The molecule has 0 saturated carbocycles. The second-order valence-electron chi connectivity index (χ2n) is 4.04. The molecule has 2 rings (SSSR count). The minimum atomic E-state index is -3.78. The monoisotopic (exact) mass is 375 g/mol. The molecule has 0 aliphatic heterocycles. The fourth-order valence-corrected chi connectivity index (χ4v) is 3.74. The predicted molar refractivity (Wildman–Crippen MR) is 79.9 cm³/mol. The lowest BCUT2D eigenvalue weighted by molar-refractivity contribution is 0.563. The molecule has 8 heteroatoms. The summed E-state index contributed by atoms with van der Waals surface area (Å²) in [4.78, 5) is 7.85. The zero-order valence-electron chi connectivity index (χ0n) is 10.4. The van der Waals surface area contributed by atoms with Gasteiger partial charge < -0.3 is 0 Å². The van der Waals surface area contributed by atoms with E-state index in [9.17, 15) is 8.42 Å². The van der Waals surface area contributed by atoms with Crippen molar-refractivity contribution in [2.75, 3.05) is 0 Å². The number of pyridine rings is 2. The lowest BCUT2D eigenvalue weighted by Crippen LogP contribution is -2.27. The normalized spacial score (nSPS) is 13.2. The Hall–Kier alpha value is -1.02. The van der Waals surface area contributed by atoms with Crippen LogP contribution in [0.4, 0.5) is 0 Å². The van der Waals surface area contributed by atoms with Crippen molar-refractivity contribution in [1.29, 1.82) is 0 Å². The van der Waals surface area contributed by atoms with E-state index in [1.54, 1.807) is 31.3 Å². The van der Waals surface area contributed by atoms with Gasteiger partial charge in [-0.3, -0.25) is 4.98 Å². The molecule has 5 nitrogen and oxygen atoms in total. The molecule has 2 aromatic heterocycles. The van der Waals surface area contributed by atoms with Crippen molar-refractivity contribution in [2.24, 2.45) is 0 Å².